The van der Waals surface area contributed by atoms with E-state index in [9.17, 15) is 5.11 Å². The minimum absolute atomic E-state index is 0.479. The first-order chi connectivity index (χ1) is 6.06. The molecule has 1 rings (SSSR count). The molecule has 2 heteroatoms. The van der Waals surface area contributed by atoms with Crippen molar-refractivity contribution < 1.29 is 5.11 Å². The Bertz CT molecular complexity index is 148. The molecule has 0 aromatic rings. The van der Waals surface area contributed by atoms with Gasteiger partial charge in [-0.1, -0.05) is 19.8 Å². The predicted molar refractivity (Wildman–Crippen MR) is 55.4 cm³/mol. The van der Waals surface area contributed by atoms with Gasteiger partial charge in [-0.05, 0) is 44.6 Å². The molecule has 0 heterocycles. The van der Waals surface area contributed by atoms with Gasteiger partial charge in [0.2, 0.25) is 0 Å². The zero-order chi connectivity index (χ0) is 9.90. The lowest BCUT2D eigenvalue weighted by Gasteiger charge is -2.37. The lowest BCUT2D eigenvalue weighted by molar-refractivity contribution is -0.0260. The van der Waals surface area contributed by atoms with E-state index in [4.69, 9.17) is 5.73 Å². The molecule has 0 aromatic carbocycles. The van der Waals surface area contributed by atoms with Crippen molar-refractivity contribution in [1.29, 1.82) is 0 Å². The van der Waals surface area contributed by atoms with Crippen LogP contribution in [-0.4, -0.2) is 17.3 Å². The molecule has 1 fully saturated rings. The highest BCUT2D eigenvalue weighted by atomic mass is 16.3. The standard InChI is InChI=1S/C11H23NO/c1-9-3-5-10(6-4-9)11(2,13)7-8-12/h9-10,13H,3-8,12H2,1-2H3. The van der Waals surface area contributed by atoms with Crippen LogP contribution in [0.1, 0.15) is 46.0 Å². The van der Waals surface area contributed by atoms with Crippen molar-refractivity contribution >= 4 is 0 Å². The lowest BCUT2D eigenvalue weighted by Crippen LogP contribution is -2.38. The lowest BCUT2D eigenvalue weighted by atomic mass is 9.73. The molecular formula is C11H23NO. The van der Waals surface area contributed by atoms with Crippen molar-refractivity contribution in [2.24, 2.45) is 17.6 Å². The molecule has 3 N–H and O–H groups in total. The van der Waals surface area contributed by atoms with Crippen LogP contribution in [0.15, 0.2) is 0 Å². The summed E-state index contributed by atoms with van der Waals surface area (Å²) >= 11 is 0. The zero-order valence-electron chi connectivity index (χ0n) is 8.92. The third-order valence-electron chi connectivity index (χ3n) is 3.55. The molecule has 78 valence electrons. The largest absolute Gasteiger partial charge is 0.390 e. The Balaban J connectivity index is 2.42. The van der Waals surface area contributed by atoms with Crippen LogP contribution in [0.5, 0.6) is 0 Å². The molecule has 1 aliphatic rings. The maximum Gasteiger partial charge on any atom is 0.0659 e. The molecule has 0 spiro atoms. The van der Waals surface area contributed by atoms with E-state index in [1.807, 2.05) is 6.92 Å². The van der Waals surface area contributed by atoms with Gasteiger partial charge in [-0.15, -0.1) is 0 Å². The highest BCUT2D eigenvalue weighted by molar-refractivity contribution is 4.85. The van der Waals surface area contributed by atoms with E-state index in [0.717, 1.165) is 12.3 Å². The third-order valence-corrected chi connectivity index (χ3v) is 3.55. The quantitative estimate of drug-likeness (QED) is 0.705. The van der Waals surface area contributed by atoms with Gasteiger partial charge in [-0.2, -0.15) is 0 Å². The molecule has 2 nitrogen and oxygen atoms in total. The molecule has 0 bridgehead atoms. The van der Waals surface area contributed by atoms with Crippen molar-refractivity contribution in [1.82, 2.24) is 0 Å². The van der Waals surface area contributed by atoms with Crippen LogP contribution in [0.25, 0.3) is 0 Å². The zero-order valence-corrected chi connectivity index (χ0v) is 8.92. The summed E-state index contributed by atoms with van der Waals surface area (Å²) in [7, 11) is 0. The minimum Gasteiger partial charge on any atom is -0.390 e. The number of hydrogen-bond donors (Lipinski definition) is 2. The highest BCUT2D eigenvalue weighted by Gasteiger charge is 2.33. The highest BCUT2D eigenvalue weighted by Crippen LogP contribution is 2.36. The Morgan fingerprint density at radius 3 is 2.31 bits per heavy atom. The molecule has 0 aliphatic heterocycles. The summed E-state index contributed by atoms with van der Waals surface area (Å²) in [5, 5.41) is 10.1. The molecule has 1 aliphatic carbocycles. The van der Waals surface area contributed by atoms with Crippen LogP contribution >= 0.6 is 0 Å². The van der Waals surface area contributed by atoms with Gasteiger partial charge in [0.1, 0.15) is 0 Å². The van der Waals surface area contributed by atoms with Crippen LogP contribution < -0.4 is 5.73 Å². The maximum atomic E-state index is 10.1. The van der Waals surface area contributed by atoms with Crippen LogP contribution in [0.4, 0.5) is 0 Å². The van der Waals surface area contributed by atoms with Gasteiger partial charge in [-0.25, -0.2) is 0 Å². The summed E-state index contributed by atoms with van der Waals surface area (Å²) in [5.41, 5.74) is 4.97. The molecule has 0 aromatic heterocycles. The minimum atomic E-state index is -0.519. The smallest absolute Gasteiger partial charge is 0.0659 e. The molecule has 13 heavy (non-hydrogen) atoms. The summed E-state index contributed by atoms with van der Waals surface area (Å²) in [5.74, 6) is 1.33. The fourth-order valence-corrected chi connectivity index (χ4v) is 2.38. The number of aliphatic hydroxyl groups is 1. The summed E-state index contributed by atoms with van der Waals surface area (Å²) in [4.78, 5) is 0. The van der Waals surface area contributed by atoms with Crippen LogP contribution in [0.3, 0.4) is 0 Å². The maximum absolute atomic E-state index is 10.1. The summed E-state index contributed by atoms with van der Waals surface area (Å²) < 4.78 is 0. The Kier molecular flexibility index (Phi) is 3.74. The summed E-state index contributed by atoms with van der Waals surface area (Å²) in [6, 6.07) is 0. The van der Waals surface area contributed by atoms with Gasteiger partial charge in [0.25, 0.3) is 0 Å². The molecule has 1 unspecified atom stereocenters. The van der Waals surface area contributed by atoms with E-state index in [-0.39, 0.29) is 0 Å². The predicted octanol–water partition coefficient (Wildman–Crippen LogP) is 1.91. The second-order valence-electron chi connectivity index (χ2n) is 4.85. The summed E-state index contributed by atoms with van der Waals surface area (Å²) in [6.07, 6.45) is 5.63. The van der Waals surface area contributed by atoms with Gasteiger partial charge < -0.3 is 10.8 Å². The number of nitrogens with two attached hydrogens (primary N) is 1. The molecule has 0 amide bonds. The van der Waals surface area contributed by atoms with Crippen LogP contribution in [-0.2, 0) is 0 Å². The second kappa shape index (κ2) is 4.43. The molecule has 1 atom stereocenters. The second-order valence-corrected chi connectivity index (χ2v) is 4.85. The van der Waals surface area contributed by atoms with Gasteiger partial charge >= 0.3 is 0 Å². The van der Waals surface area contributed by atoms with E-state index < -0.39 is 5.60 Å². The van der Waals surface area contributed by atoms with Crippen molar-refractivity contribution in [2.45, 2.75) is 51.6 Å². The third kappa shape index (κ3) is 2.96. The topological polar surface area (TPSA) is 46.2 Å². The molecule has 1 saturated carbocycles. The van der Waals surface area contributed by atoms with Crippen molar-refractivity contribution in [3.05, 3.63) is 0 Å². The Morgan fingerprint density at radius 2 is 1.85 bits per heavy atom. The molecule has 0 radical (unpaired) electrons. The first-order valence-corrected chi connectivity index (χ1v) is 5.48. The van der Waals surface area contributed by atoms with E-state index in [1.54, 1.807) is 0 Å². The number of hydrogen-bond acceptors (Lipinski definition) is 2. The fourth-order valence-electron chi connectivity index (χ4n) is 2.38. The molecule has 0 saturated heterocycles. The Morgan fingerprint density at radius 1 is 1.31 bits per heavy atom. The van der Waals surface area contributed by atoms with Gasteiger partial charge in [-0.3, -0.25) is 0 Å². The van der Waals surface area contributed by atoms with E-state index >= 15 is 0 Å². The normalized spacial score (nSPS) is 34.2. The molecular weight excluding hydrogens is 162 g/mol. The van der Waals surface area contributed by atoms with Gasteiger partial charge in [0.05, 0.1) is 5.60 Å². The van der Waals surface area contributed by atoms with E-state index in [1.165, 1.54) is 25.7 Å². The van der Waals surface area contributed by atoms with Crippen molar-refractivity contribution in [2.75, 3.05) is 6.54 Å². The van der Waals surface area contributed by atoms with E-state index in [2.05, 4.69) is 6.92 Å². The Labute approximate surface area is 81.5 Å². The average molecular weight is 185 g/mol. The van der Waals surface area contributed by atoms with E-state index in [0.29, 0.717) is 12.5 Å². The van der Waals surface area contributed by atoms with Crippen LogP contribution in [0, 0.1) is 11.8 Å². The van der Waals surface area contributed by atoms with Gasteiger partial charge in [0, 0.05) is 0 Å². The first kappa shape index (κ1) is 11.0. The van der Waals surface area contributed by atoms with Crippen LogP contribution in [0.2, 0.25) is 0 Å². The average Bonchev–Trinajstić information content (AvgIpc) is 2.05. The summed E-state index contributed by atoms with van der Waals surface area (Å²) in [6.45, 7) is 4.84. The first-order valence-electron chi connectivity index (χ1n) is 5.48. The SMILES string of the molecule is CC1CCC(C(C)(O)CCN)CC1. The fraction of sp³-hybridized carbons (Fsp3) is 1.00. The van der Waals surface area contributed by atoms with Crippen molar-refractivity contribution in [3.63, 3.8) is 0 Å². The van der Waals surface area contributed by atoms with Crippen molar-refractivity contribution in [3.8, 4) is 0 Å². The number of rotatable bonds is 3. The monoisotopic (exact) mass is 185 g/mol. The van der Waals surface area contributed by atoms with Gasteiger partial charge in [0.15, 0.2) is 0 Å². The Hall–Kier alpha value is -0.0800.